The van der Waals surface area contributed by atoms with Gasteiger partial charge < -0.3 is 10.8 Å². The van der Waals surface area contributed by atoms with Crippen molar-refractivity contribution >= 4 is 0 Å². The van der Waals surface area contributed by atoms with E-state index in [2.05, 4.69) is 5.73 Å². The van der Waals surface area contributed by atoms with Crippen molar-refractivity contribution < 1.29 is 18.3 Å². The van der Waals surface area contributed by atoms with E-state index in [0.717, 1.165) is 7.11 Å². The van der Waals surface area contributed by atoms with Crippen LogP contribution in [-0.2, 0) is 0 Å². The molecule has 0 aliphatic rings. The highest BCUT2D eigenvalue weighted by atomic mass is 19.4. The molecule has 0 rings (SSSR count). The van der Waals surface area contributed by atoms with Crippen molar-refractivity contribution in [2.45, 2.75) is 20.0 Å². The van der Waals surface area contributed by atoms with Crippen LogP contribution in [0.5, 0.6) is 0 Å². The van der Waals surface area contributed by atoms with Crippen molar-refractivity contribution in [1.82, 2.24) is 0 Å². The fourth-order valence-corrected chi connectivity index (χ4v) is 0. The average Bonchev–Trinajstić information content (AvgIpc) is 1.95. The second-order valence-electron chi connectivity index (χ2n) is 0.819. The highest BCUT2D eigenvalue weighted by Gasteiger charge is 2.23. The summed E-state index contributed by atoms with van der Waals surface area (Å²) in [7, 11) is 1.00. The Morgan fingerprint density at radius 1 is 1.20 bits per heavy atom. The molecule has 5 heteroatoms. The standard InChI is InChI=1S/C2H4F3N.C2H6.CH4O/c3-2(4,5)1-6;2*1-2/h1,6H2;1-2H3;2H,1H3. The van der Waals surface area contributed by atoms with E-state index in [0.29, 0.717) is 0 Å². The summed E-state index contributed by atoms with van der Waals surface area (Å²) in [4.78, 5) is 0. The highest BCUT2D eigenvalue weighted by Crippen LogP contribution is 2.10. The molecule has 0 heterocycles. The zero-order valence-electron chi connectivity index (χ0n) is 6.37. The molecule has 3 N–H and O–H groups in total. The first kappa shape index (κ1) is 16.4. The van der Waals surface area contributed by atoms with Crippen molar-refractivity contribution in [3.63, 3.8) is 0 Å². The summed E-state index contributed by atoms with van der Waals surface area (Å²) < 4.78 is 32.0. The first-order chi connectivity index (χ1) is 4.56. The van der Waals surface area contributed by atoms with E-state index in [-0.39, 0.29) is 0 Å². The van der Waals surface area contributed by atoms with Crippen LogP contribution < -0.4 is 5.73 Å². The molecule has 0 saturated carbocycles. The third-order valence-corrected chi connectivity index (χ3v) is 0.231. The number of hydrogen-bond donors (Lipinski definition) is 2. The Morgan fingerprint density at radius 3 is 1.30 bits per heavy atom. The molecular formula is C5H14F3NO. The molecule has 0 unspecified atom stereocenters. The summed E-state index contributed by atoms with van der Waals surface area (Å²) in [5.41, 5.74) is 4.18. The molecule has 0 aliphatic heterocycles. The van der Waals surface area contributed by atoms with Gasteiger partial charge in [0, 0.05) is 7.11 Å². The normalized spacial score (nSPS) is 8.40. The Kier molecular flexibility index (Phi) is 18.8. The van der Waals surface area contributed by atoms with Gasteiger partial charge in [-0.05, 0) is 0 Å². The third kappa shape index (κ3) is 47.3. The van der Waals surface area contributed by atoms with Crippen molar-refractivity contribution in [2.24, 2.45) is 5.73 Å². The van der Waals surface area contributed by atoms with Gasteiger partial charge in [-0.2, -0.15) is 13.2 Å². The summed E-state index contributed by atoms with van der Waals surface area (Å²) in [5, 5.41) is 7.00. The molecule has 0 atom stereocenters. The van der Waals surface area contributed by atoms with E-state index < -0.39 is 12.7 Å². The lowest BCUT2D eigenvalue weighted by atomic mass is 10.7. The molecule has 2 nitrogen and oxygen atoms in total. The molecule has 0 fully saturated rings. The van der Waals surface area contributed by atoms with E-state index in [4.69, 9.17) is 5.11 Å². The predicted octanol–water partition coefficient (Wildman–Crippen LogP) is 1.14. The maximum absolute atomic E-state index is 10.7. The number of hydrogen-bond acceptors (Lipinski definition) is 2. The Bertz CT molecular complexity index is 46.6. The van der Waals surface area contributed by atoms with Crippen LogP contribution >= 0.6 is 0 Å². The van der Waals surface area contributed by atoms with Crippen LogP contribution in [0.25, 0.3) is 0 Å². The van der Waals surface area contributed by atoms with E-state index in [1.54, 1.807) is 0 Å². The molecule has 0 amide bonds. The molecule has 0 spiro atoms. The van der Waals surface area contributed by atoms with E-state index in [1.165, 1.54) is 0 Å². The summed E-state index contributed by atoms with van der Waals surface area (Å²) in [6, 6.07) is 0. The maximum atomic E-state index is 10.7. The SMILES string of the molecule is CC.CO.NCC(F)(F)F. The summed E-state index contributed by atoms with van der Waals surface area (Å²) in [6.07, 6.45) is -4.18. The van der Waals surface area contributed by atoms with Crippen molar-refractivity contribution in [3.05, 3.63) is 0 Å². The van der Waals surface area contributed by atoms with Gasteiger partial charge in [-0.25, -0.2) is 0 Å². The second-order valence-corrected chi connectivity index (χ2v) is 0.819. The number of aliphatic hydroxyl groups excluding tert-OH is 1. The lowest BCUT2D eigenvalue weighted by Crippen LogP contribution is -2.21. The van der Waals surface area contributed by atoms with Crippen LogP contribution in [0.3, 0.4) is 0 Å². The van der Waals surface area contributed by atoms with Gasteiger partial charge in [-0.1, -0.05) is 13.8 Å². The number of halogens is 3. The Morgan fingerprint density at radius 2 is 1.30 bits per heavy atom. The van der Waals surface area contributed by atoms with Gasteiger partial charge in [0.25, 0.3) is 0 Å². The minimum atomic E-state index is -4.18. The molecule has 66 valence electrons. The Labute approximate surface area is 58.8 Å². The molecule has 0 aromatic heterocycles. The van der Waals surface area contributed by atoms with Gasteiger partial charge in [0.1, 0.15) is 0 Å². The zero-order valence-corrected chi connectivity index (χ0v) is 6.37. The average molecular weight is 161 g/mol. The van der Waals surface area contributed by atoms with Gasteiger partial charge in [0.15, 0.2) is 0 Å². The highest BCUT2D eigenvalue weighted by molar-refractivity contribution is 4.44. The summed E-state index contributed by atoms with van der Waals surface area (Å²) >= 11 is 0. The quantitative estimate of drug-likeness (QED) is 0.559. The van der Waals surface area contributed by atoms with Crippen molar-refractivity contribution in [2.75, 3.05) is 13.7 Å². The molecule has 0 saturated heterocycles. The molecule has 10 heavy (non-hydrogen) atoms. The monoisotopic (exact) mass is 161 g/mol. The van der Waals surface area contributed by atoms with Gasteiger partial charge >= 0.3 is 6.18 Å². The number of alkyl halides is 3. The lowest BCUT2D eigenvalue weighted by Gasteiger charge is -1.96. The van der Waals surface area contributed by atoms with Crippen LogP contribution in [0, 0.1) is 0 Å². The second kappa shape index (κ2) is 11.5. The molecular weight excluding hydrogens is 147 g/mol. The minimum absolute atomic E-state index is 1.00. The third-order valence-electron chi connectivity index (χ3n) is 0.231. The molecule has 0 aromatic rings. The lowest BCUT2D eigenvalue weighted by molar-refractivity contribution is -0.118. The van der Waals surface area contributed by atoms with Gasteiger partial charge in [-0.3, -0.25) is 0 Å². The Balaban J connectivity index is -0.000000105. The van der Waals surface area contributed by atoms with Crippen LogP contribution in [0.4, 0.5) is 13.2 Å². The van der Waals surface area contributed by atoms with E-state index in [9.17, 15) is 13.2 Å². The molecule has 0 aliphatic carbocycles. The van der Waals surface area contributed by atoms with E-state index in [1.807, 2.05) is 13.8 Å². The van der Waals surface area contributed by atoms with E-state index >= 15 is 0 Å². The van der Waals surface area contributed by atoms with Gasteiger partial charge in [-0.15, -0.1) is 0 Å². The fraction of sp³-hybridized carbons (Fsp3) is 1.00. The maximum Gasteiger partial charge on any atom is 0.400 e. The van der Waals surface area contributed by atoms with Crippen molar-refractivity contribution in [1.29, 1.82) is 0 Å². The number of rotatable bonds is 0. The van der Waals surface area contributed by atoms with Gasteiger partial charge in [0.2, 0.25) is 0 Å². The first-order valence-electron chi connectivity index (χ1n) is 2.78. The topological polar surface area (TPSA) is 46.2 Å². The minimum Gasteiger partial charge on any atom is -0.400 e. The van der Waals surface area contributed by atoms with Crippen LogP contribution in [0.2, 0.25) is 0 Å². The fourth-order valence-electron chi connectivity index (χ4n) is 0. The van der Waals surface area contributed by atoms with Gasteiger partial charge in [0.05, 0.1) is 6.54 Å². The first-order valence-corrected chi connectivity index (χ1v) is 2.78. The molecule has 0 bridgehead atoms. The smallest absolute Gasteiger partial charge is 0.400 e. The zero-order chi connectivity index (χ0) is 9.21. The Hall–Kier alpha value is -0.290. The number of nitrogens with two attached hydrogens (primary N) is 1. The molecule has 0 aromatic carbocycles. The van der Waals surface area contributed by atoms with Crippen LogP contribution in [0.1, 0.15) is 13.8 Å². The van der Waals surface area contributed by atoms with Crippen LogP contribution in [-0.4, -0.2) is 24.9 Å². The molecule has 0 radical (unpaired) electrons. The van der Waals surface area contributed by atoms with Crippen LogP contribution in [0.15, 0.2) is 0 Å². The largest absolute Gasteiger partial charge is 0.400 e. The van der Waals surface area contributed by atoms with Crippen molar-refractivity contribution in [3.8, 4) is 0 Å². The predicted molar refractivity (Wildman–Crippen MR) is 34.6 cm³/mol. The summed E-state index contributed by atoms with van der Waals surface area (Å²) in [6.45, 7) is 2.77. The number of aliphatic hydroxyl groups is 1. The summed E-state index contributed by atoms with van der Waals surface area (Å²) in [5.74, 6) is 0.